The SMILES string of the molecule is CCOC(=O)CCN(CCCN(C)C)C(=O)COc1ccc(Cl)cc1. The highest BCUT2D eigenvalue weighted by atomic mass is 35.5. The average molecular weight is 371 g/mol. The lowest BCUT2D eigenvalue weighted by atomic mass is 10.3. The van der Waals surface area contributed by atoms with Crippen LogP contribution < -0.4 is 4.74 Å². The van der Waals surface area contributed by atoms with Crippen molar-refractivity contribution in [2.24, 2.45) is 0 Å². The van der Waals surface area contributed by atoms with Crippen molar-refractivity contribution in [3.8, 4) is 5.75 Å². The Morgan fingerprint density at radius 3 is 2.36 bits per heavy atom. The summed E-state index contributed by atoms with van der Waals surface area (Å²) in [5.74, 6) is 0.126. The predicted molar refractivity (Wildman–Crippen MR) is 97.9 cm³/mol. The maximum absolute atomic E-state index is 12.4. The van der Waals surface area contributed by atoms with E-state index in [4.69, 9.17) is 21.1 Å². The molecule has 25 heavy (non-hydrogen) atoms. The van der Waals surface area contributed by atoms with Gasteiger partial charge in [-0.05, 0) is 58.3 Å². The van der Waals surface area contributed by atoms with Gasteiger partial charge in [0.25, 0.3) is 5.91 Å². The molecule has 1 rings (SSSR count). The first-order valence-electron chi connectivity index (χ1n) is 8.39. The van der Waals surface area contributed by atoms with E-state index in [-0.39, 0.29) is 24.9 Å². The van der Waals surface area contributed by atoms with Crippen molar-refractivity contribution < 1.29 is 19.1 Å². The second-order valence-corrected chi connectivity index (χ2v) is 6.27. The fraction of sp³-hybridized carbons (Fsp3) is 0.556. The standard InChI is InChI=1S/C18H27ClN2O4/c1-4-24-18(23)10-13-21(12-5-11-20(2)3)17(22)14-25-16-8-6-15(19)7-9-16/h6-9H,4-5,10-14H2,1-3H3. The van der Waals surface area contributed by atoms with Crippen LogP contribution in [0.4, 0.5) is 0 Å². The van der Waals surface area contributed by atoms with Crippen LogP contribution in [0, 0.1) is 0 Å². The van der Waals surface area contributed by atoms with Gasteiger partial charge in [-0.25, -0.2) is 0 Å². The molecule has 0 saturated carbocycles. The van der Waals surface area contributed by atoms with Crippen molar-refractivity contribution in [2.75, 3.05) is 46.9 Å². The summed E-state index contributed by atoms with van der Waals surface area (Å²) in [6.45, 7) is 3.79. The molecule has 1 aromatic rings. The molecule has 0 N–H and O–H groups in total. The van der Waals surface area contributed by atoms with Gasteiger partial charge in [0.1, 0.15) is 5.75 Å². The Morgan fingerprint density at radius 2 is 1.76 bits per heavy atom. The maximum Gasteiger partial charge on any atom is 0.307 e. The van der Waals surface area contributed by atoms with Gasteiger partial charge in [-0.15, -0.1) is 0 Å². The van der Waals surface area contributed by atoms with Gasteiger partial charge in [-0.2, -0.15) is 0 Å². The number of benzene rings is 1. The minimum Gasteiger partial charge on any atom is -0.484 e. The number of hydrogen-bond acceptors (Lipinski definition) is 5. The van der Waals surface area contributed by atoms with Gasteiger partial charge < -0.3 is 19.3 Å². The first-order valence-corrected chi connectivity index (χ1v) is 8.76. The fourth-order valence-electron chi connectivity index (χ4n) is 2.17. The summed E-state index contributed by atoms with van der Waals surface area (Å²) in [7, 11) is 3.96. The van der Waals surface area contributed by atoms with Crippen molar-refractivity contribution in [3.63, 3.8) is 0 Å². The van der Waals surface area contributed by atoms with E-state index in [1.54, 1.807) is 36.1 Å². The topological polar surface area (TPSA) is 59.1 Å². The van der Waals surface area contributed by atoms with E-state index < -0.39 is 0 Å². The van der Waals surface area contributed by atoms with E-state index in [1.807, 2.05) is 14.1 Å². The second kappa shape index (κ2) is 11.7. The third-order valence-corrected chi connectivity index (χ3v) is 3.71. The van der Waals surface area contributed by atoms with Crippen LogP contribution in [0.1, 0.15) is 19.8 Å². The van der Waals surface area contributed by atoms with E-state index in [9.17, 15) is 9.59 Å². The highest BCUT2D eigenvalue weighted by Gasteiger charge is 2.16. The minimum absolute atomic E-state index is 0.0770. The number of amides is 1. The Labute approximate surface area is 154 Å². The van der Waals surface area contributed by atoms with Crippen molar-refractivity contribution in [1.29, 1.82) is 0 Å². The number of hydrogen-bond donors (Lipinski definition) is 0. The van der Waals surface area contributed by atoms with Crippen LogP contribution in [0.2, 0.25) is 5.02 Å². The van der Waals surface area contributed by atoms with Crippen LogP contribution in [0.3, 0.4) is 0 Å². The number of carbonyl (C=O) groups excluding carboxylic acids is 2. The zero-order chi connectivity index (χ0) is 18.7. The smallest absolute Gasteiger partial charge is 0.307 e. The van der Waals surface area contributed by atoms with Crippen LogP contribution in [-0.2, 0) is 14.3 Å². The Hall–Kier alpha value is -1.79. The molecule has 0 radical (unpaired) electrons. The summed E-state index contributed by atoms with van der Waals surface area (Å²) in [5.41, 5.74) is 0. The molecule has 0 aliphatic rings. The van der Waals surface area contributed by atoms with Crippen molar-refractivity contribution in [2.45, 2.75) is 19.8 Å². The Bertz CT molecular complexity index is 534. The number of rotatable bonds is 11. The molecule has 140 valence electrons. The van der Waals surface area contributed by atoms with E-state index >= 15 is 0 Å². The summed E-state index contributed by atoms with van der Waals surface area (Å²) < 4.78 is 10.4. The molecular formula is C18H27ClN2O4. The molecule has 0 spiro atoms. The summed E-state index contributed by atoms with van der Waals surface area (Å²) in [6, 6.07) is 6.84. The lowest BCUT2D eigenvalue weighted by Crippen LogP contribution is -2.38. The number of halogens is 1. The van der Waals surface area contributed by atoms with Crippen molar-refractivity contribution >= 4 is 23.5 Å². The van der Waals surface area contributed by atoms with E-state index in [0.717, 1.165) is 13.0 Å². The number of esters is 1. The Morgan fingerprint density at radius 1 is 1.08 bits per heavy atom. The fourth-order valence-corrected chi connectivity index (χ4v) is 2.29. The molecule has 0 saturated heterocycles. The summed E-state index contributed by atoms with van der Waals surface area (Å²) in [4.78, 5) is 27.7. The number of nitrogens with zero attached hydrogens (tertiary/aromatic N) is 2. The van der Waals surface area contributed by atoms with Gasteiger partial charge in [0, 0.05) is 18.1 Å². The molecule has 0 aliphatic carbocycles. The molecule has 0 aromatic heterocycles. The van der Waals surface area contributed by atoms with Crippen molar-refractivity contribution in [1.82, 2.24) is 9.80 Å². The van der Waals surface area contributed by atoms with Crippen LogP contribution in [0.25, 0.3) is 0 Å². The maximum atomic E-state index is 12.4. The second-order valence-electron chi connectivity index (χ2n) is 5.84. The largest absolute Gasteiger partial charge is 0.484 e. The molecule has 0 bridgehead atoms. The molecule has 0 heterocycles. The van der Waals surface area contributed by atoms with Crippen LogP contribution in [0.15, 0.2) is 24.3 Å². The summed E-state index contributed by atoms with van der Waals surface area (Å²) in [5, 5.41) is 0.610. The van der Waals surface area contributed by atoms with E-state index in [1.165, 1.54) is 0 Å². The summed E-state index contributed by atoms with van der Waals surface area (Å²) in [6.07, 6.45) is 1.00. The normalized spacial score (nSPS) is 10.6. The molecule has 0 atom stereocenters. The van der Waals surface area contributed by atoms with Crippen LogP contribution >= 0.6 is 11.6 Å². The monoisotopic (exact) mass is 370 g/mol. The first-order chi connectivity index (χ1) is 11.9. The van der Waals surface area contributed by atoms with Gasteiger partial charge in [0.05, 0.1) is 13.0 Å². The molecular weight excluding hydrogens is 344 g/mol. The molecule has 6 nitrogen and oxygen atoms in total. The third kappa shape index (κ3) is 9.31. The van der Waals surface area contributed by atoms with Crippen LogP contribution in [0.5, 0.6) is 5.75 Å². The van der Waals surface area contributed by atoms with Crippen molar-refractivity contribution in [3.05, 3.63) is 29.3 Å². The molecule has 7 heteroatoms. The molecule has 0 unspecified atom stereocenters. The highest BCUT2D eigenvalue weighted by molar-refractivity contribution is 6.30. The minimum atomic E-state index is -0.300. The van der Waals surface area contributed by atoms with Crippen LogP contribution in [-0.4, -0.2) is 68.6 Å². The molecule has 0 aliphatic heterocycles. The van der Waals surface area contributed by atoms with E-state index in [0.29, 0.717) is 30.5 Å². The highest BCUT2D eigenvalue weighted by Crippen LogP contribution is 2.15. The lowest BCUT2D eigenvalue weighted by molar-refractivity contribution is -0.144. The summed E-state index contributed by atoms with van der Waals surface area (Å²) >= 11 is 5.83. The number of ether oxygens (including phenoxy) is 2. The molecule has 1 amide bonds. The third-order valence-electron chi connectivity index (χ3n) is 3.45. The average Bonchev–Trinajstić information content (AvgIpc) is 2.57. The molecule has 0 fully saturated rings. The Balaban J connectivity index is 2.53. The van der Waals surface area contributed by atoms with Gasteiger partial charge >= 0.3 is 5.97 Å². The van der Waals surface area contributed by atoms with Gasteiger partial charge in [0.15, 0.2) is 6.61 Å². The zero-order valence-electron chi connectivity index (χ0n) is 15.2. The predicted octanol–water partition coefficient (Wildman–Crippen LogP) is 2.45. The van der Waals surface area contributed by atoms with E-state index in [2.05, 4.69) is 4.90 Å². The first kappa shape index (κ1) is 21.3. The number of carbonyl (C=O) groups is 2. The van der Waals surface area contributed by atoms with Gasteiger partial charge in [0.2, 0.25) is 0 Å². The zero-order valence-corrected chi connectivity index (χ0v) is 15.9. The quantitative estimate of drug-likeness (QED) is 0.560. The lowest BCUT2D eigenvalue weighted by Gasteiger charge is -2.23. The molecule has 1 aromatic carbocycles. The van der Waals surface area contributed by atoms with Gasteiger partial charge in [-0.1, -0.05) is 11.6 Å². The Kier molecular flexibility index (Phi) is 9.96. The van der Waals surface area contributed by atoms with Gasteiger partial charge in [-0.3, -0.25) is 9.59 Å².